The van der Waals surface area contributed by atoms with Crippen molar-refractivity contribution in [2.45, 2.75) is 31.8 Å². The van der Waals surface area contributed by atoms with Gasteiger partial charge in [0.25, 0.3) is 0 Å². The third kappa shape index (κ3) is 6.58. The van der Waals surface area contributed by atoms with Gasteiger partial charge in [-0.3, -0.25) is 4.90 Å². The van der Waals surface area contributed by atoms with Crippen LogP contribution in [0, 0.1) is 0 Å². The molecule has 2 N–H and O–H groups in total. The number of anilines is 1. The lowest BCUT2D eigenvalue weighted by Gasteiger charge is -2.32. The van der Waals surface area contributed by atoms with Crippen LogP contribution in [0.2, 0.25) is 0 Å². The molecule has 0 aliphatic carbocycles. The molecule has 2 heterocycles. The summed E-state index contributed by atoms with van der Waals surface area (Å²) in [6.07, 6.45) is 2.67. The number of benzene rings is 3. The SMILES string of the molecule is COc1ccc(-c2nnc(NC3CCN(Cc4cccc(OCCCO)c4)CC3)c3cc(OC)ccc23)cc1. The standard InChI is InChI=1S/C31H36N4O4/c1-37-25-9-7-23(8-10-25)30-28-12-11-26(38-2)20-29(28)31(34-33-30)32-24-13-15-35(16-14-24)21-22-5-3-6-27(19-22)39-18-4-17-36/h3,5-12,19-20,24,36H,4,13-18,21H2,1-2H3,(H,32,34). The van der Waals surface area contributed by atoms with Crippen LogP contribution in [0.3, 0.4) is 0 Å². The monoisotopic (exact) mass is 528 g/mol. The van der Waals surface area contributed by atoms with E-state index in [2.05, 4.69) is 38.6 Å². The second-order valence-electron chi connectivity index (χ2n) is 9.81. The lowest BCUT2D eigenvalue weighted by molar-refractivity contribution is 0.210. The molecule has 204 valence electrons. The Kier molecular flexibility index (Phi) is 8.75. The maximum absolute atomic E-state index is 8.97. The van der Waals surface area contributed by atoms with Gasteiger partial charge < -0.3 is 24.6 Å². The van der Waals surface area contributed by atoms with E-state index >= 15 is 0 Å². The van der Waals surface area contributed by atoms with Gasteiger partial charge in [-0.15, -0.1) is 10.2 Å². The lowest BCUT2D eigenvalue weighted by atomic mass is 10.0. The molecule has 5 rings (SSSR count). The van der Waals surface area contributed by atoms with Crippen LogP contribution in [0.1, 0.15) is 24.8 Å². The molecule has 1 aliphatic rings. The fourth-order valence-corrected chi connectivity index (χ4v) is 5.00. The summed E-state index contributed by atoms with van der Waals surface area (Å²) in [5, 5.41) is 23.9. The van der Waals surface area contributed by atoms with Crippen LogP contribution >= 0.6 is 0 Å². The molecule has 0 unspecified atom stereocenters. The predicted octanol–water partition coefficient (Wildman–Crippen LogP) is 5.15. The summed E-state index contributed by atoms with van der Waals surface area (Å²) in [6.45, 7) is 3.55. The van der Waals surface area contributed by atoms with Crippen molar-refractivity contribution in [2.24, 2.45) is 0 Å². The average molecular weight is 529 g/mol. The molecule has 0 amide bonds. The number of aliphatic hydroxyl groups excluding tert-OH is 1. The summed E-state index contributed by atoms with van der Waals surface area (Å²) < 4.78 is 16.6. The van der Waals surface area contributed by atoms with Gasteiger partial charge in [0.2, 0.25) is 0 Å². The van der Waals surface area contributed by atoms with Crippen molar-refractivity contribution in [1.29, 1.82) is 0 Å². The Morgan fingerprint density at radius 2 is 1.64 bits per heavy atom. The Morgan fingerprint density at radius 1 is 0.872 bits per heavy atom. The number of nitrogens with one attached hydrogen (secondary N) is 1. The minimum atomic E-state index is 0.143. The van der Waals surface area contributed by atoms with E-state index in [-0.39, 0.29) is 6.61 Å². The van der Waals surface area contributed by atoms with Gasteiger partial charge in [0, 0.05) is 55.0 Å². The number of rotatable bonds is 11. The number of likely N-dealkylation sites (tertiary alicyclic amines) is 1. The predicted molar refractivity (Wildman–Crippen MR) is 154 cm³/mol. The van der Waals surface area contributed by atoms with Crippen LogP contribution in [0.4, 0.5) is 5.82 Å². The Bertz CT molecular complexity index is 1370. The molecule has 0 saturated carbocycles. The minimum Gasteiger partial charge on any atom is -0.497 e. The highest BCUT2D eigenvalue weighted by atomic mass is 16.5. The second kappa shape index (κ2) is 12.8. The van der Waals surface area contributed by atoms with Gasteiger partial charge in [0.15, 0.2) is 5.82 Å². The van der Waals surface area contributed by atoms with E-state index in [1.807, 2.05) is 48.5 Å². The molecule has 1 saturated heterocycles. The number of fused-ring (bicyclic) bond motifs is 1. The van der Waals surface area contributed by atoms with Gasteiger partial charge in [0.05, 0.1) is 20.8 Å². The smallest absolute Gasteiger partial charge is 0.156 e. The molecule has 1 fully saturated rings. The van der Waals surface area contributed by atoms with Gasteiger partial charge in [-0.05, 0) is 73.0 Å². The largest absolute Gasteiger partial charge is 0.497 e. The van der Waals surface area contributed by atoms with Crippen LogP contribution in [-0.4, -0.2) is 66.8 Å². The Balaban J connectivity index is 1.26. The van der Waals surface area contributed by atoms with Crippen LogP contribution in [-0.2, 0) is 6.54 Å². The molecule has 8 heteroatoms. The maximum Gasteiger partial charge on any atom is 0.156 e. The number of nitrogens with zero attached hydrogens (tertiary/aromatic N) is 3. The van der Waals surface area contributed by atoms with E-state index in [9.17, 15) is 0 Å². The van der Waals surface area contributed by atoms with E-state index in [1.165, 1.54) is 5.56 Å². The van der Waals surface area contributed by atoms with Gasteiger partial charge >= 0.3 is 0 Å². The fraction of sp³-hybridized carbons (Fsp3) is 0.355. The Hall–Kier alpha value is -3.88. The topological polar surface area (TPSA) is 89.0 Å². The number of hydrogen-bond donors (Lipinski definition) is 2. The number of aromatic nitrogens is 2. The van der Waals surface area contributed by atoms with Crippen LogP contribution in [0.15, 0.2) is 66.7 Å². The van der Waals surface area contributed by atoms with Crippen LogP contribution < -0.4 is 19.5 Å². The maximum atomic E-state index is 8.97. The van der Waals surface area contributed by atoms with Gasteiger partial charge in [-0.25, -0.2) is 0 Å². The number of ether oxygens (including phenoxy) is 3. The molecule has 1 aromatic heterocycles. The molecule has 39 heavy (non-hydrogen) atoms. The minimum absolute atomic E-state index is 0.143. The van der Waals surface area contributed by atoms with Gasteiger partial charge in [-0.1, -0.05) is 12.1 Å². The van der Waals surface area contributed by atoms with E-state index in [0.717, 1.165) is 77.6 Å². The van der Waals surface area contributed by atoms with Crippen LogP contribution in [0.25, 0.3) is 22.0 Å². The third-order valence-electron chi connectivity index (χ3n) is 7.15. The summed E-state index contributed by atoms with van der Waals surface area (Å²) in [4.78, 5) is 2.48. The van der Waals surface area contributed by atoms with Crippen molar-refractivity contribution >= 4 is 16.6 Å². The zero-order valence-corrected chi connectivity index (χ0v) is 22.6. The average Bonchev–Trinajstić information content (AvgIpc) is 2.98. The molecular formula is C31H36N4O4. The van der Waals surface area contributed by atoms with Crippen molar-refractivity contribution in [1.82, 2.24) is 15.1 Å². The summed E-state index contributed by atoms with van der Waals surface area (Å²) >= 11 is 0. The van der Waals surface area contributed by atoms with E-state index < -0.39 is 0 Å². The molecular weight excluding hydrogens is 492 g/mol. The first-order valence-electron chi connectivity index (χ1n) is 13.5. The number of hydrogen-bond acceptors (Lipinski definition) is 8. The molecule has 1 aliphatic heterocycles. The van der Waals surface area contributed by atoms with Crippen molar-refractivity contribution in [3.8, 4) is 28.5 Å². The zero-order chi connectivity index (χ0) is 27.0. The highest BCUT2D eigenvalue weighted by Crippen LogP contribution is 2.34. The molecule has 4 aromatic rings. The highest BCUT2D eigenvalue weighted by molar-refractivity contribution is 6.00. The first-order chi connectivity index (χ1) is 19.2. The third-order valence-corrected chi connectivity index (χ3v) is 7.15. The van der Waals surface area contributed by atoms with Gasteiger partial charge in [0.1, 0.15) is 22.9 Å². The fourth-order valence-electron chi connectivity index (χ4n) is 5.00. The van der Waals surface area contributed by atoms with E-state index in [4.69, 9.17) is 19.3 Å². The summed E-state index contributed by atoms with van der Waals surface area (Å²) in [5.74, 6) is 3.24. The van der Waals surface area contributed by atoms with Crippen molar-refractivity contribution in [3.05, 3.63) is 72.3 Å². The Morgan fingerprint density at radius 3 is 2.38 bits per heavy atom. The van der Waals surface area contributed by atoms with Crippen molar-refractivity contribution in [2.75, 3.05) is 45.8 Å². The van der Waals surface area contributed by atoms with E-state index in [1.54, 1.807) is 14.2 Å². The quantitative estimate of drug-likeness (QED) is 0.258. The van der Waals surface area contributed by atoms with E-state index in [0.29, 0.717) is 19.1 Å². The first kappa shape index (κ1) is 26.7. The zero-order valence-electron chi connectivity index (χ0n) is 22.6. The Labute approximate surface area is 229 Å². The van der Waals surface area contributed by atoms with Gasteiger partial charge in [-0.2, -0.15) is 0 Å². The number of methoxy groups -OCH3 is 2. The van der Waals surface area contributed by atoms with Crippen molar-refractivity contribution in [3.63, 3.8) is 0 Å². The molecule has 8 nitrogen and oxygen atoms in total. The number of aliphatic hydroxyl groups is 1. The summed E-state index contributed by atoms with van der Waals surface area (Å²) in [6, 6.07) is 22.5. The molecule has 3 aromatic carbocycles. The summed E-state index contributed by atoms with van der Waals surface area (Å²) in [7, 11) is 3.34. The molecule has 0 bridgehead atoms. The molecule has 0 spiro atoms. The summed E-state index contributed by atoms with van der Waals surface area (Å²) in [5.41, 5.74) is 3.06. The number of piperidine rings is 1. The second-order valence-corrected chi connectivity index (χ2v) is 9.81. The van der Waals surface area contributed by atoms with Crippen LogP contribution in [0.5, 0.6) is 17.2 Å². The first-order valence-corrected chi connectivity index (χ1v) is 13.5. The highest BCUT2D eigenvalue weighted by Gasteiger charge is 2.21. The lowest BCUT2D eigenvalue weighted by Crippen LogP contribution is -2.38. The normalized spacial score (nSPS) is 14.3. The molecule has 0 atom stereocenters. The van der Waals surface area contributed by atoms with Crippen molar-refractivity contribution < 1.29 is 19.3 Å². The molecule has 0 radical (unpaired) electrons.